The Morgan fingerprint density at radius 3 is 2.33 bits per heavy atom. The lowest BCUT2D eigenvalue weighted by atomic mass is 9.93. The zero-order chi connectivity index (χ0) is 15.7. The Labute approximate surface area is 127 Å². The maximum atomic E-state index is 12.1. The van der Waals surface area contributed by atoms with E-state index in [1.54, 1.807) is 12.1 Å². The molecule has 0 amide bonds. The minimum absolute atomic E-state index is 0.0209. The number of rotatable bonds is 7. The van der Waals surface area contributed by atoms with Crippen molar-refractivity contribution in [2.45, 2.75) is 37.6 Å². The highest BCUT2D eigenvalue weighted by Crippen LogP contribution is 2.24. The highest BCUT2D eigenvalue weighted by Gasteiger charge is 2.28. The third-order valence-corrected chi connectivity index (χ3v) is 5.24. The van der Waals surface area contributed by atoms with E-state index in [0.717, 1.165) is 25.1 Å². The maximum Gasteiger partial charge on any atom is 0.240 e. The molecule has 0 spiro atoms. The number of hydrogen-bond donors (Lipinski definition) is 2. The summed E-state index contributed by atoms with van der Waals surface area (Å²) in [5.74, 6) is 0. The molecule has 0 saturated heterocycles. The van der Waals surface area contributed by atoms with Gasteiger partial charge in [0, 0.05) is 25.3 Å². The number of anilines is 1. The van der Waals surface area contributed by atoms with Crippen LogP contribution in [0.4, 0.5) is 5.69 Å². The van der Waals surface area contributed by atoms with Crippen molar-refractivity contribution in [2.24, 2.45) is 11.1 Å². The molecule has 118 valence electrons. The zero-order valence-electron chi connectivity index (χ0n) is 13.0. The molecule has 0 unspecified atom stereocenters. The van der Waals surface area contributed by atoms with Crippen LogP contribution in [-0.4, -0.2) is 34.6 Å². The van der Waals surface area contributed by atoms with E-state index in [4.69, 9.17) is 5.73 Å². The van der Waals surface area contributed by atoms with E-state index in [-0.39, 0.29) is 11.5 Å². The summed E-state index contributed by atoms with van der Waals surface area (Å²) >= 11 is 0. The monoisotopic (exact) mass is 311 g/mol. The summed E-state index contributed by atoms with van der Waals surface area (Å²) < 4.78 is 26.9. The highest BCUT2D eigenvalue weighted by atomic mass is 32.2. The summed E-state index contributed by atoms with van der Waals surface area (Å²) in [7, 11) is -1.38. The van der Waals surface area contributed by atoms with Gasteiger partial charge in [-0.15, -0.1) is 0 Å². The van der Waals surface area contributed by atoms with Crippen LogP contribution in [-0.2, 0) is 10.0 Å². The highest BCUT2D eigenvalue weighted by molar-refractivity contribution is 7.89. The molecule has 6 heteroatoms. The van der Waals surface area contributed by atoms with Crippen molar-refractivity contribution in [2.75, 3.05) is 25.0 Å². The molecule has 1 fully saturated rings. The van der Waals surface area contributed by atoms with Gasteiger partial charge in [0.2, 0.25) is 10.0 Å². The molecule has 1 aromatic carbocycles. The van der Waals surface area contributed by atoms with Gasteiger partial charge in [-0.2, -0.15) is 0 Å². The Morgan fingerprint density at radius 2 is 1.86 bits per heavy atom. The third-order valence-electron chi connectivity index (χ3n) is 3.70. The fraction of sp³-hybridized carbons (Fsp3) is 0.600. The van der Waals surface area contributed by atoms with E-state index in [1.807, 2.05) is 19.2 Å². The van der Waals surface area contributed by atoms with Crippen LogP contribution in [0.5, 0.6) is 0 Å². The average Bonchev–Trinajstić information content (AvgIpc) is 3.21. The SMILES string of the molecule is CN(CC(C)(C)CN)c1ccc(S(=O)(=O)NC2CC2)cc1. The Morgan fingerprint density at radius 1 is 1.29 bits per heavy atom. The minimum atomic E-state index is -3.37. The van der Waals surface area contributed by atoms with E-state index in [2.05, 4.69) is 23.5 Å². The summed E-state index contributed by atoms with van der Waals surface area (Å²) in [5.41, 5.74) is 6.76. The first-order valence-corrected chi connectivity index (χ1v) is 8.75. The molecular formula is C15H25N3O2S. The molecular weight excluding hydrogens is 286 g/mol. The van der Waals surface area contributed by atoms with Gasteiger partial charge in [0.05, 0.1) is 4.90 Å². The van der Waals surface area contributed by atoms with Crippen LogP contribution in [0.2, 0.25) is 0 Å². The van der Waals surface area contributed by atoms with Gasteiger partial charge in [0.25, 0.3) is 0 Å². The summed E-state index contributed by atoms with van der Waals surface area (Å²) in [5, 5.41) is 0. The molecule has 1 aliphatic carbocycles. The second-order valence-electron chi connectivity index (χ2n) is 6.61. The van der Waals surface area contributed by atoms with Gasteiger partial charge in [0.1, 0.15) is 0 Å². The quantitative estimate of drug-likeness (QED) is 0.801. The predicted octanol–water partition coefficient (Wildman–Crippen LogP) is 1.55. The van der Waals surface area contributed by atoms with Gasteiger partial charge in [0.15, 0.2) is 0 Å². The molecule has 1 aliphatic rings. The van der Waals surface area contributed by atoms with Crippen LogP contribution in [0.3, 0.4) is 0 Å². The summed E-state index contributed by atoms with van der Waals surface area (Å²) in [4.78, 5) is 2.42. The molecule has 3 N–H and O–H groups in total. The number of hydrogen-bond acceptors (Lipinski definition) is 4. The van der Waals surface area contributed by atoms with Gasteiger partial charge in [-0.3, -0.25) is 0 Å². The lowest BCUT2D eigenvalue weighted by molar-refractivity contribution is 0.385. The van der Waals surface area contributed by atoms with E-state index in [1.165, 1.54) is 0 Å². The number of nitrogens with two attached hydrogens (primary N) is 1. The number of sulfonamides is 1. The van der Waals surface area contributed by atoms with E-state index in [0.29, 0.717) is 11.4 Å². The van der Waals surface area contributed by atoms with Crippen LogP contribution < -0.4 is 15.4 Å². The molecule has 1 saturated carbocycles. The molecule has 0 bridgehead atoms. The van der Waals surface area contributed by atoms with Gasteiger partial charge in [-0.05, 0) is 49.1 Å². The molecule has 1 aromatic rings. The Bertz CT molecular complexity index is 577. The van der Waals surface area contributed by atoms with Crippen molar-refractivity contribution < 1.29 is 8.42 Å². The van der Waals surface area contributed by atoms with E-state index >= 15 is 0 Å². The molecule has 2 rings (SSSR count). The fourth-order valence-corrected chi connectivity index (χ4v) is 3.47. The van der Waals surface area contributed by atoms with Crippen molar-refractivity contribution in [3.63, 3.8) is 0 Å². The zero-order valence-corrected chi connectivity index (χ0v) is 13.8. The summed E-state index contributed by atoms with van der Waals surface area (Å²) in [6.07, 6.45) is 1.88. The first kappa shape index (κ1) is 16.3. The molecule has 0 atom stereocenters. The number of nitrogens with zero attached hydrogens (tertiary/aromatic N) is 1. The van der Waals surface area contributed by atoms with E-state index in [9.17, 15) is 8.42 Å². The largest absolute Gasteiger partial charge is 0.374 e. The predicted molar refractivity (Wildman–Crippen MR) is 85.9 cm³/mol. The first-order valence-electron chi connectivity index (χ1n) is 7.27. The molecule has 0 aromatic heterocycles. The lowest BCUT2D eigenvalue weighted by Gasteiger charge is -2.30. The first-order chi connectivity index (χ1) is 9.73. The van der Waals surface area contributed by atoms with Gasteiger partial charge < -0.3 is 10.6 Å². The fourth-order valence-electron chi connectivity index (χ4n) is 2.17. The normalized spacial score (nSPS) is 16.0. The van der Waals surface area contributed by atoms with Crippen LogP contribution >= 0.6 is 0 Å². The van der Waals surface area contributed by atoms with E-state index < -0.39 is 10.0 Å². The third kappa shape index (κ3) is 4.43. The molecule has 5 nitrogen and oxygen atoms in total. The Hall–Kier alpha value is -1.11. The number of nitrogens with one attached hydrogen (secondary N) is 1. The van der Waals surface area contributed by atoms with Crippen molar-refractivity contribution in [3.05, 3.63) is 24.3 Å². The Balaban J connectivity index is 2.07. The standard InChI is InChI=1S/C15H25N3O2S/c1-15(2,10-16)11-18(3)13-6-8-14(9-7-13)21(19,20)17-12-4-5-12/h6-9,12,17H,4-5,10-11,16H2,1-3H3. The average molecular weight is 311 g/mol. The smallest absolute Gasteiger partial charge is 0.240 e. The second-order valence-corrected chi connectivity index (χ2v) is 8.33. The van der Waals surface area contributed by atoms with Crippen molar-refractivity contribution >= 4 is 15.7 Å². The molecule has 0 heterocycles. The topological polar surface area (TPSA) is 75.4 Å². The van der Waals surface area contributed by atoms with Crippen molar-refractivity contribution in [3.8, 4) is 0 Å². The lowest BCUT2D eigenvalue weighted by Crippen LogP contribution is -2.36. The summed E-state index contributed by atoms with van der Waals surface area (Å²) in [6, 6.07) is 7.13. The maximum absolute atomic E-state index is 12.1. The van der Waals surface area contributed by atoms with Crippen LogP contribution in [0.1, 0.15) is 26.7 Å². The van der Waals surface area contributed by atoms with Gasteiger partial charge in [-0.25, -0.2) is 13.1 Å². The molecule has 21 heavy (non-hydrogen) atoms. The van der Waals surface area contributed by atoms with Crippen LogP contribution in [0.25, 0.3) is 0 Å². The van der Waals surface area contributed by atoms with Crippen LogP contribution in [0.15, 0.2) is 29.2 Å². The number of benzene rings is 1. The second kappa shape index (κ2) is 5.94. The molecule has 0 radical (unpaired) electrons. The van der Waals surface area contributed by atoms with Crippen molar-refractivity contribution in [1.82, 2.24) is 4.72 Å². The molecule has 0 aliphatic heterocycles. The van der Waals surface area contributed by atoms with Gasteiger partial charge in [-0.1, -0.05) is 13.8 Å². The minimum Gasteiger partial charge on any atom is -0.374 e. The van der Waals surface area contributed by atoms with Crippen molar-refractivity contribution in [1.29, 1.82) is 0 Å². The van der Waals surface area contributed by atoms with Gasteiger partial charge >= 0.3 is 0 Å². The van der Waals surface area contributed by atoms with Crippen LogP contribution in [0, 0.1) is 5.41 Å². The summed E-state index contributed by atoms with van der Waals surface area (Å²) in [6.45, 7) is 5.65. The Kier molecular flexibility index (Phi) is 4.60.